The highest BCUT2D eigenvalue weighted by Crippen LogP contribution is 2.13. The van der Waals surface area contributed by atoms with Gasteiger partial charge in [-0.15, -0.1) is 0 Å². The number of rotatable bonds is 5. The second kappa shape index (κ2) is 5.67. The van der Waals surface area contributed by atoms with Crippen LogP contribution < -0.4 is 4.57 Å². The number of hydrogen-bond donors (Lipinski definition) is 0. The quantitative estimate of drug-likeness (QED) is 0.697. The van der Waals surface area contributed by atoms with E-state index in [9.17, 15) is 0 Å². The highest BCUT2D eigenvalue weighted by Gasteiger charge is 2.09. The first kappa shape index (κ1) is 11.9. The van der Waals surface area contributed by atoms with E-state index in [1.54, 1.807) is 0 Å². The van der Waals surface area contributed by atoms with Gasteiger partial charge in [-0.1, -0.05) is 38.5 Å². The molecule has 0 saturated heterocycles. The molecule has 0 aliphatic rings. The Kier molecular flexibility index (Phi) is 3.97. The molecule has 0 fully saturated rings. The summed E-state index contributed by atoms with van der Waals surface area (Å²) < 4.78 is 4.48. The molecular weight excluding hydrogens is 208 g/mol. The Morgan fingerprint density at radius 2 is 2.00 bits per heavy atom. The maximum atomic E-state index is 2.26. The van der Waals surface area contributed by atoms with E-state index in [1.807, 2.05) is 0 Å². The average molecular weight is 229 g/mol. The minimum absolute atomic E-state index is 1.07. The summed E-state index contributed by atoms with van der Waals surface area (Å²) in [6.07, 6.45) is 10.0. The maximum Gasteiger partial charge on any atom is 0.248 e. The SMILES string of the molecule is CCCC[n+]1ccn(-c2ccccc2CC)c1. The lowest BCUT2D eigenvalue weighted by Crippen LogP contribution is -2.30. The van der Waals surface area contributed by atoms with Gasteiger partial charge in [-0.2, -0.15) is 0 Å². The molecule has 0 bridgehead atoms. The van der Waals surface area contributed by atoms with Crippen LogP contribution in [0.5, 0.6) is 0 Å². The number of hydrogen-bond acceptors (Lipinski definition) is 0. The molecule has 0 saturated carbocycles. The lowest BCUT2D eigenvalue weighted by Gasteiger charge is -2.02. The number of benzene rings is 1. The number of imidazole rings is 1. The summed E-state index contributed by atoms with van der Waals surface area (Å²) in [6.45, 7) is 5.54. The molecule has 90 valence electrons. The van der Waals surface area contributed by atoms with Crippen molar-refractivity contribution in [3.63, 3.8) is 0 Å². The highest BCUT2D eigenvalue weighted by atomic mass is 15.1. The van der Waals surface area contributed by atoms with E-state index in [2.05, 4.69) is 66.0 Å². The summed E-state index contributed by atoms with van der Waals surface area (Å²) in [5.41, 5.74) is 2.69. The fourth-order valence-electron chi connectivity index (χ4n) is 2.07. The molecule has 17 heavy (non-hydrogen) atoms. The van der Waals surface area contributed by atoms with Gasteiger partial charge in [-0.25, -0.2) is 9.13 Å². The number of para-hydroxylation sites is 1. The summed E-state index contributed by atoms with van der Waals surface area (Å²) in [5, 5.41) is 0. The number of aromatic nitrogens is 2. The zero-order valence-corrected chi connectivity index (χ0v) is 10.8. The second-order valence-corrected chi connectivity index (χ2v) is 4.39. The van der Waals surface area contributed by atoms with E-state index in [0.29, 0.717) is 0 Å². The molecule has 2 heteroatoms. The van der Waals surface area contributed by atoms with E-state index in [-0.39, 0.29) is 0 Å². The van der Waals surface area contributed by atoms with E-state index >= 15 is 0 Å². The molecule has 0 aliphatic heterocycles. The minimum Gasteiger partial charge on any atom is -0.236 e. The Labute approximate surface area is 104 Å². The zero-order valence-electron chi connectivity index (χ0n) is 10.8. The third-order valence-corrected chi connectivity index (χ3v) is 3.11. The first-order chi connectivity index (χ1) is 8.35. The van der Waals surface area contributed by atoms with Gasteiger partial charge in [0, 0.05) is 0 Å². The lowest BCUT2D eigenvalue weighted by atomic mass is 10.1. The van der Waals surface area contributed by atoms with Crippen molar-refractivity contribution in [1.29, 1.82) is 0 Å². The van der Waals surface area contributed by atoms with E-state index in [1.165, 1.54) is 24.1 Å². The monoisotopic (exact) mass is 229 g/mol. The highest BCUT2D eigenvalue weighted by molar-refractivity contribution is 5.40. The van der Waals surface area contributed by atoms with Crippen LogP contribution in [0.2, 0.25) is 0 Å². The van der Waals surface area contributed by atoms with Gasteiger partial charge in [0.2, 0.25) is 6.33 Å². The Bertz CT molecular complexity index is 471. The van der Waals surface area contributed by atoms with Crippen LogP contribution in [0, 0.1) is 0 Å². The topological polar surface area (TPSA) is 8.81 Å². The van der Waals surface area contributed by atoms with E-state index < -0.39 is 0 Å². The number of nitrogens with zero attached hydrogens (tertiary/aromatic N) is 2. The normalized spacial score (nSPS) is 10.7. The Morgan fingerprint density at radius 1 is 1.18 bits per heavy atom. The molecule has 2 nitrogen and oxygen atoms in total. The van der Waals surface area contributed by atoms with Crippen LogP contribution in [-0.2, 0) is 13.0 Å². The Morgan fingerprint density at radius 3 is 2.76 bits per heavy atom. The van der Waals surface area contributed by atoms with Crippen molar-refractivity contribution in [3.05, 3.63) is 48.5 Å². The number of unbranched alkanes of at least 4 members (excludes halogenated alkanes) is 1. The van der Waals surface area contributed by atoms with Crippen LogP contribution in [0.15, 0.2) is 43.0 Å². The fraction of sp³-hybridized carbons (Fsp3) is 0.400. The zero-order chi connectivity index (χ0) is 12.1. The molecule has 1 heterocycles. The summed E-state index contributed by atoms with van der Waals surface area (Å²) in [7, 11) is 0. The standard InChI is InChI=1S/C15H21N2/c1-3-5-10-16-11-12-17(13-16)15-9-7-6-8-14(15)4-2/h6-9,11-13H,3-5,10H2,1-2H3/q+1. The van der Waals surface area contributed by atoms with Crippen molar-refractivity contribution in [2.75, 3.05) is 0 Å². The van der Waals surface area contributed by atoms with E-state index in [4.69, 9.17) is 0 Å². The van der Waals surface area contributed by atoms with Gasteiger partial charge in [0.05, 0.1) is 6.54 Å². The smallest absolute Gasteiger partial charge is 0.236 e. The molecule has 0 amide bonds. The van der Waals surface area contributed by atoms with Crippen LogP contribution >= 0.6 is 0 Å². The van der Waals surface area contributed by atoms with Crippen molar-refractivity contribution in [2.24, 2.45) is 0 Å². The molecule has 0 radical (unpaired) electrons. The van der Waals surface area contributed by atoms with Crippen molar-refractivity contribution < 1.29 is 4.57 Å². The lowest BCUT2D eigenvalue weighted by molar-refractivity contribution is -0.696. The van der Waals surface area contributed by atoms with Crippen LogP contribution in [0.25, 0.3) is 5.69 Å². The third-order valence-electron chi connectivity index (χ3n) is 3.11. The van der Waals surface area contributed by atoms with Gasteiger partial charge in [0.25, 0.3) is 0 Å². The van der Waals surface area contributed by atoms with Crippen LogP contribution in [0.3, 0.4) is 0 Å². The van der Waals surface area contributed by atoms with Crippen LogP contribution in [0.4, 0.5) is 0 Å². The van der Waals surface area contributed by atoms with Gasteiger partial charge >= 0.3 is 0 Å². The Hall–Kier alpha value is -1.57. The molecule has 0 atom stereocenters. The van der Waals surface area contributed by atoms with Crippen LogP contribution in [0.1, 0.15) is 32.3 Å². The summed E-state index contributed by atoms with van der Waals surface area (Å²) in [6, 6.07) is 8.59. The van der Waals surface area contributed by atoms with Gasteiger partial charge in [-0.3, -0.25) is 0 Å². The van der Waals surface area contributed by atoms with Gasteiger partial charge in [-0.05, 0) is 24.5 Å². The third kappa shape index (κ3) is 2.76. The molecule has 0 N–H and O–H groups in total. The summed E-state index contributed by atoms with van der Waals surface area (Å²) in [4.78, 5) is 0. The second-order valence-electron chi connectivity index (χ2n) is 4.39. The summed E-state index contributed by atoms with van der Waals surface area (Å²) >= 11 is 0. The molecule has 0 aliphatic carbocycles. The maximum absolute atomic E-state index is 2.26. The van der Waals surface area contributed by atoms with Crippen molar-refractivity contribution in [3.8, 4) is 5.69 Å². The predicted octanol–water partition coefficient (Wildman–Crippen LogP) is 3.13. The molecule has 0 unspecified atom stereocenters. The van der Waals surface area contributed by atoms with Gasteiger partial charge < -0.3 is 0 Å². The molecule has 1 aromatic heterocycles. The summed E-state index contributed by atoms with van der Waals surface area (Å²) in [5.74, 6) is 0. The molecular formula is C15H21N2+. The molecule has 2 aromatic rings. The molecule has 1 aromatic carbocycles. The molecule has 0 spiro atoms. The first-order valence-electron chi connectivity index (χ1n) is 6.50. The van der Waals surface area contributed by atoms with Gasteiger partial charge in [0.15, 0.2) is 0 Å². The number of aryl methyl sites for hydroxylation is 2. The minimum atomic E-state index is 1.07. The van der Waals surface area contributed by atoms with Gasteiger partial charge in [0.1, 0.15) is 18.1 Å². The van der Waals surface area contributed by atoms with Crippen molar-refractivity contribution >= 4 is 0 Å². The molecule has 2 rings (SSSR count). The van der Waals surface area contributed by atoms with Crippen LogP contribution in [-0.4, -0.2) is 4.57 Å². The van der Waals surface area contributed by atoms with Crippen molar-refractivity contribution in [1.82, 2.24) is 4.57 Å². The Balaban J connectivity index is 2.24. The van der Waals surface area contributed by atoms with E-state index in [0.717, 1.165) is 13.0 Å². The predicted molar refractivity (Wildman–Crippen MR) is 70.3 cm³/mol. The fourth-order valence-corrected chi connectivity index (χ4v) is 2.07. The average Bonchev–Trinajstić information content (AvgIpc) is 2.85. The largest absolute Gasteiger partial charge is 0.248 e. The first-order valence-corrected chi connectivity index (χ1v) is 6.50. The van der Waals surface area contributed by atoms with Crippen molar-refractivity contribution in [2.45, 2.75) is 39.7 Å².